The van der Waals surface area contributed by atoms with Crippen molar-refractivity contribution in [3.63, 3.8) is 0 Å². The summed E-state index contributed by atoms with van der Waals surface area (Å²) in [4.78, 5) is 7.20. The standard InChI is InChI=1S/C26H24N2O2/c29-23-9-5-8-22-25(21-7-1-2-10-24(21)30-26(22)23)17-14-19-11-12-20(15-17)28(19)16-18-6-3-4-13-27-18/h1-10,13,19-20,29H,11-12,14-16H2. The van der Waals surface area contributed by atoms with E-state index < -0.39 is 0 Å². The van der Waals surface area contributed by atoms with Gasteiger partial charge in [-0.15, -0.1) is 0 Å². The van der Waals surface area contributed by atoms with Crippen LogP contribution in [0.5, 0.6) is 17.2 Å². The highest BCUT2D eigenvalue weighted by Crippen LogP contribution is 2.51. The summed E-state index contributed by atoms with van der Waals surface area (Å²) in [5.41, 5.74) is 6.06. The summed E-state index contributed by atoms with van der Waals surface area (Å²) in [5.74, 6) is 1.62. The quantitative estimate of drug-likeness (QED) is 0.484. The number of benzene rings is 2. The van der Waals surface area contributed by atoms with Gasteiger partial charge in [-0.3, -0.25) is 9.88 Å². The molecule has 3 aromatic rings. The molecule has 2 bridgehead atoms. The molecule has 2 atom stereocenters. The van der Waals surface area contributed by atoms with Crippen LogP contribution >= 0.6 is 0 Å². The van der Waals surface area contributed by atoms with Crippen molar-refractivity contribution in [3.05, 3.63) is 89.3 Å². The number of phenols is 1. The molecule has 0 amide bonds. The van der Waals surface area contributed by atoms with Crippen LogP contribution in [0.4, 0.5) is 0 Å². The van der Waals surface area contributed by atoms with Gasteiger partial charge in [-0.05, 0) is 55.5 Å². The molecular formula is C26H24N2O2. The van der Waals surface area contributed by atoms with Crippen molar-refractivity contribution in [1.29, 1.82) is 0 Å². The first kappa shape index (κ1) is 17.7. The molecule has 2 aromatic carbocycles. The lowest BCUT2D eigenvalue weighted by molar-refractivity contribution is 0.156. The van der Waals surface area contributed by atoms with Crippen molar-refractivity contribution >= 4 is 5.57 Å². The Kier molecular flexibility index (Phi) is 4.13. The zero-order valence-corrected chi connectivity index (χ0v) is 16.8. The molecule has 3 aliphatic heterocycles. The van der Waals surface area contributed by atoms with Crippen molar-refractivity contribution in [2.75, 3.05) is 0 Å². The molecule has 4 heteroatoms. The van der Waals surface area contributed by atoms with Gasteiger partial charge in [0.25, 0.3) is 0 Å². The monoisotopic (exact) mass is 396 g/mol. The Balaban J connectivity index is 1.41. The van der Waals surface area contributed by atoms with E-state index in [-0.39, 0.29) is 5.75 Å². The number of hydrogen-bond donors (Lipinski definition) is 1. The Bertz CT molecular complexity index is 1120. The minimum atomic E-state index is 0.204. The van der Waals surface area contributed by atoms with Gasteiger partial charge in [-0.2, -0.15) is 0 Å². The van der Waals surface area contributed by atoms with Gasteiger partial charge in [0.05, 0.1) is 5.69 Å². The molecule has 6 rings (SSSR count). The summed E-state index contributed by atoms with van der Waals surface area (Å²) in [6, 6.07) is 21.2. The van der Waals surface area contributed by atoms with Gasteiger partial charge in [-0.1, -0.05) is 42.0 Å². The highest BCUT2D eigenvalue weighted by molar-refractivity contribution is 5.91. The Labute approximate surface area is 176 Å². The van der Waals surface area contributed by atoms with Gasteiger partial charge < -0.3 is 9.84 Å². The second-order valence-electron chi connectivity index (χ2n) is 8.52. The molecule has 2 fully saturated rings. The van der Waals surface area contributed by atoms with Gasteiger partial charge >= 0.3 is 0 Å². The van der Waals surface area contributed by atoms with E-state index in [2.05, 4.69) is 40.2 Å². The zero-order chi connectivity index (χ0) is 20.1. The van der Waals surface area contributed by atoms with E-state index in [1.807, 2.05) is 30.5 Å². The second-order valence-corrected chi connectivity index (χ2v) is 8.52. The number of para-hydroxylation sites is 2. The summed E-state index contributed by atoms with van der Waals surface area (Å²) in [5, 5.41) is 10.5. The van der Waals surface area contributed by atoms with E-state index in [4.69, 9.17) is 4.74 Å². The number of hydrogen-bond acceptors (Lipinski definition) is 4. The minimum Gasteiger partial charge on any atom is -0.504 e. The molecule has 1 N–H and O–H groups in total. The maximum atomic E-state index is 10.5. The van der Waals surface area contributed by atoms with Crippen LogP contribution in [-0.4, -0.2) is 27.1 Å². The fraction of sp³-hybridized carbons (Fsp3) is 0.269. The summed E-state index contributed by atoms with van der Waals surface area (Å²) in [6.45, 7) is 0.926. The van der Waals surface area contributed by atoms with Crippen molar-refractivity contribution in [2.45, 2.75) is 44.3 Å². The summed E-state index contributed by atoms with van der Waals surface area (Å²) in [6.07, 6.45) is 6.47. The number of pyridine rings is 1. The van der Waals surface area contributed by atoms with Crippen molar-refractivity contribution in [2.24, 2.45) is 0 Å². The van der Waals surface area contributed by atoms with Crippen molar-refractivity contribution in [3.8, 4) is 17.2 Å². The van der Waals surface area contributed by atoms with Crippen LogP contribution < -0.4 is 4.74 Å². The summed E-state index contributed by atoms with van der Waals surface area (Å²) in [7, 11) is 0. The fourth-order valence-corrected chi connectivity index (χ4v) is 5.47. The topological polar surface area (TPSA) is 45.6 Å². The van der Waals surface area contributed by atoms with E-state index in [9.17, 15) is 5.11 Å². The molecule has 2 saturated heterocycles. The number of rotatable bonds is 2. The molecule has 2 unspecified atom stereocenters. The Morgan fingerprint density at radius 1 is 0.900 bits per heavy atom. The first-order valence-corrected chi connectivity index (χ1v) is 10.7. The van der Waals surface area contributed by atoms with Crippen molar-refractivity contribution in [1.82, 2.24) is 9.88 Å². The molecule has 0 saturated carbocycles. The lowest BCUT2D eigenvalue weighted by Crippen LogP contribution is -2.40. The highest BCUT2D eigenvalue weighted by atomic mass is 16.5. The molecule has 150 valence electrons. The third kappa shape index (κ3) is 2.83. The normalized spacial score (nSPS) is 22.4. The maximum Gasteiger partial charge on any atom is 0.176 e. The third-order valence-electron chi connectivity index (χ3n) is 6.79. The van der Waals surface area contributed by atoms with Gasteiger partial charge in [0, 0.05) is 36.0 Å². The summed E-state index contributed by atoms with van der Waals surface area (Å²) < 4.78 is 6.10. The number of phenolic OH excluding ortho intramolecular Hbond substituents is 1. The van der Waals surface area contributed by atoms with Crippen LogP contribution in [-0.2, 0) is 6.54 Å². The van der Waals surface area contributed by atoms with Crippen molar-refractivity contribution < 1.29 is 9.84 Å². The number of fused-ring (bicyclic) bond motifs is 4. The number of nitrogens with zero attached hydrogens (tertiary/aromatic N) is 2. The predicted octanol–water partition coefficient (Wildman–Crippen LogP) is 5.52. The van der Waals surface area contributed by atoms with Crippen LogP contribution in [0.25, 0.3) is 5.57 Å². The van der Waals surface area contributed by atoms with Crippen LogP contribution in [0.1, 0.15) is 42.5 Å². The molecule has 0 radical (unpaired) electrons. The summed E-state index contributed by atoms with van der Waals surface area (Å²) >= 11 is 0. The molecule has 4 nitrogen and oxygen atoms in total. The van der Waals surface area contributed by atoms with E-state index in [1.54, 1.807) is 6.07 Å². The lowest BCUT2D eigenvalue weighted by atomic mass is 9.84. The smallest absolute Gasteiger partial charge is 0.176 e. The van der Waals surface area contributed by atoms with E-state index in [0.717, 1.165) is 42.0 Å². The first-order valence-electron chi connectivity index (χ1n) is 10.7. The fourth-order valence-electron chi connectivity index (χ4n) is 5.47. The van der Waals surface area contributed by atoms with Crippen LogP contribution in [0.3, 0.4) is 0 Å². The van der Waals surface area contributed by atoms with E-state index in [0.29, 0.717) is 17.8 Å². The second kappa shape index (κ2) is 6.99. The number of ether oxygens (including phenoxy) is 1. The molecule has 3 aliphatic rings. The van der Waals surface area contributed by atoms with Crippen LogP contribution in [0.15, 0.2) is 72.4 Å². The largest absolute Gasteiger partial charge is 0.504 e. The molecule has 0 aliphatic carbocycles. The van der Waals surface area contributed by atoms with Gasteiger partial charge in [0.1, 0.15) is 5.75 Å². The SMILES string of the molecule is Oc1cccc2c1Oc1ccccc1C2=C1CC2CCC(C1)N2Cc1ccccn1. The minimum absolute atomic E-state index is 0.204. The molecule has 0 spiro atoms. The number of piperidine rings is 1. The van der Waals surface area contributed by atoms with Crippen LogP contribution in [0, 0.1) is 0 Å². The van der Waals surface area contributed by atoms with Crippen LogP contribution in [0.2, 0.25) is 0 Å². The number of aromatic nitrogens is 1. The van der Waals surface area contributed by atoms with Gasteiger partial charge in [-0.25, -0.2) is 0 Å². The molecule has 30 heavy (non-hydrogen) atoms. The molecule has 1 aromatic heterocycles. The predicted molar refractivity (Wildman–Crippen MR) is 116 cm³/mol. The highest BCUT2D eigenvalue weighted by Gasteiger charge is 2.40. The van der Waals surface area contributed by atoms with E-state index >= 15 is 0 Å². The van der Waals surface area contributed by atoms with Gasteiger partial charge in [0.15, 0.2) is 11.5 Å². The Hall–Kier alpha value is -3.11. The third-order valence-corrected chi connectivity index (χ3v) is 6.79. The van der Waals surface area contributed by atoms with Gasteiger partial charge in [0.2, 0.25) is 0 Å². The number of aromatic hydroxyl groups is 1. The molecule has 4 heterocycles. The zero-order valence-electron chi connectivity index (χ0n) is 16.8. The Morgan fingerprint density at radius 2 is 1.67 bits per heavy atom. The Morgan fingerprint density at radius 3 is 2.47 bits per heavy atom. The average molecular weight is 396 g/mol. The average Bonchev–Trinajstić information content (AvgIpc) is 3.00. The maximum absolute atomic E-state index is 10.5. The van der Waals surface area contributed by atoms with E-state index in [1.165, 1.54) is 24.0 Å². The first-order chi connectivity index (χ1) is 14.8. The lowest BCUT2D eigenvalue weighted by Gasteiger charge is -2.38. The molecular weight excluding hydrogens is 372 g/mol.